The van der Waals surface area contributed by atoms with E-state index in [2.05, 4.69) is 10.3 Å². The Morgan fingerprint density at radius 3 is 2.78 bits per heavy atom. The van der Waals surface area contributed by atoms with Crippen molar-refractivity contribution in [3.63, 3.8) is 0 Å². The van der Waals surface area contributed by atoms with Gasteiger partial charge in [0.2, 0.25) is 0 Å². The van der Waals surface area contributed by atoms with Gasteiger partial charge in [0.15, 0.2) is 0 Å². The molecule has 0 unspecified atom stereocenters. The molecule has 1 aromatic heterocycles. The summed E-state index contributed by atoms with van der Waals surface area (Å²) in [5.74, 6) is 1.09. The Labute approximate surface area is 158 Å². The Morgan fingerprint density at radius 2 is 2.11 bits per heavy atom. The first-order valence-corrected chi connectivity index (χ1v) is 9.23. The third-order valence-corrected chi connectivity index (χ3v) is 5.65. The number of likely N-dealkylation sites (tertiary alicyclic amines) is 1. The maximum atomic E-state index is 13.1. The molecule has 6 heteroatoms. The molecule has 2 amide bonds. The van der Waals surface area contributed by atoms with Gasteiger partial charge in [-0.25, -0.2) is 0 Å². The van der Waals surface area contributed by atoms with Crippen LogP contribution in [0.1, 0.15) is 39.1 Å². The second kappa shape index (κ2) is 7.02. The van der Waals surface area contributed by atoms with Crippen LogP contribution in [0.4, 0.5) is 0 Å². The zero-order valence-corrected chi connectivity index (χ0v) is 15.5. The number of piperidine rings is 1. The summed E-state index contributed by atoms with van der Waals surface area (Å²) in [4.78, 5) is 31.5. The predicted molar refractivity (Wildman–Crippen MR) is 101 cm³/mol. The van der Waals surface area contributed by atoms with Crippen LogP contribution in [0.5, 0.6) is 5.75 Å². The summed E-state index contributed by atoms with van der Waals surface area (Å²) in [6.07, 6.45) is 5.07. The fourth-order valence-electron chi connectivity index (χ4n) is 4.32. The van der Waals surface area contributed by atoms with Gasteiger partial charge in [-0.2, -0.15) is 0 Å². The van der Waals surface area contributed by atoms with Gasteiger partial charge in [0.05, 0.1) is 18.7 Å². The van der Waals surface area contributed by atoms with Crippen molar-refractivity contribution in [1.29, 1.82) is 0 Å². The Morgan fingerprint density at radius 1 is 1.26 bits per heavy atom. The van der Waals surface area contributed by atoms with Crippen molar-refractivity contribution in [1.82, 2.24) is 15.2 Å². The lowest BCUT2D eigenvalue weighted by molar-refractivity contribution is 0.0647. The molecule has 2 aromatic rings. The smallest absolute Gasteiger partial charge is 0.254 e. The van der Waals surface area contributed by atoms with Gasteiger partial charge in [-0.05, 0) is 61.6 Å². The standard InChI is InChI=1S/C21H23N3O3/c1-13-8-16(27-2)5-6-17(13)21(26)24-12-14-9-18(19(24)10-14)23-20(25)15-4-3-7-22-11-15/h3-8,11,14,18-19H,9-10,12H2,1-2H3,(H,23,25)/t14-,18+,19-/m1/s1. The number of aromatic nitrogens is 1. The number of carbonyl (C=O) groups excluding carboxylic acids is 2. The number of hydrogen-bond acceptors (Lipinski definition) is 4. The largest absolute Gasteiger partial charge is 0.497 e. The zero-order valence-electron chi connectivity index (χ0n) is 15.5. The molecule has 27 heavy (non-hydrogen) atoms. The molecule has 2 fully saturated rings. The van der Waals surface area contributed by atoms with Crippen LogP contribution in [0.15, 0.2) is 42.7 Å². The molecule has 1 N–H and O–H groups in total. The first-order chi connectivity index (χ1) is 13.1. The lowest BCUT2D eigenvalue weighted by Gasteiger charge is -2.34. The van der Waals surface area contributed by atoms with Crippen LogP contribution in [0.25, 0.3) is 0 Å². The average molecular weight is 365 g/mol. The second-order valence-electron chi connectivity index (χ2n) is 7.36. The normalized spacial score (nSPS) is 23.3. The molecule has 2 aliphatic rings. The van der Waals surface area contributed by atoms with E-state index in [9.17, 15) is 9.59 Å². The molecule has 1 aliphatic heterocycles. The number of fused-ring (bicyclic) bond motifs is 2. The average Bonchev–Trinajstić information content (AvgIpc) is 3.28. The van der Waals surface area contributed by atoms with Crippen molar-refractivity contribution >= 4 is 11.8 Å². The van der Waals surface area contributed by atoms with Gasteiger partial charge in [0, 0.05) is 30.5 Å². The van der Waals surface area contributed by atoms with E-state index in [4.69, 9.17) is 4.74 Å². The lowest BCUT2D eigenvalue weighted by Crippen LogP contribution is -2.52. The lowest BCUT2D eigenvalue weighted by atomic mass is 10.0. The number of nitrogens with one attached hydrogen (secondary N) is 1. The van der Waals surface area contributed by atoms with E-state index in [1.807, 2.05) is 30.0 Å². The van der Waals surface area contributed by atoms with Crippen molar-refractivity contribution in [2.45, 2.75) is 31.8 Å². The number of pyridine rings is 1. The monoisotopic (exact) mass is 365 g/mol. The van der Waals surface area contributed by atoms with Gasteiger partial charge in [-0.15, -0.1) is 0 Å². The van der Waals surface area contributed by atoms with Crippen LogP contribution in [-0.4, -0.2) is 47.4 Å². The van der Waals surface area contributed by atoms with E-state index in [1.165, 1.54) is 0 Å². The number of hydrogen-bond donors (Lipinski definition) is 1. The topological polar surface area (TPSA) is 71.5 Å². The minimum Gasteiger partial charge on any atom is -0.497 e. The summed E-state index contributed by atoms with van der Waals surface area (Å²) in [6.45, 7) is 2.68. The summed E-state index contributed by atoms with van der Waals surface area (Å²) in [7, 11) is 1.62. The van der Waals surface area contributed by atoms with Gasteiger partial charge in [-0.1, -0.05) is 0 Å². The molecule has 6 nitrogen and oxygen atoms in total. The van der Waals surface area contributed by atoms with E-state index in [1.54, 1.807) is 31.6 Å². The summed E-state index contributed by atoms with van der Waals surface area (Å²) < 4.78 is 5.23. The minimum atomic E-state index is -0.131. The van der Waals surface area contributed by atoms with Crippen molar-refractivity contribution in [2.24, 2.45) is 5.92 Å². The van der Waals surface area contributed by atoms with Gasteiger partial charge < -0.3 is 15.0 Å². The molecule has 1 saturated heterocycles. The molecule has 140 valence electrons. The third-order valence-electron chi connectivity index (χ3n) is 5.65. The first kappa shape index (κ1) is 17.5. The molecule has 2 bridgehead atoms. The summed E-state index contributed by atoms with van der Waals surface area (Å²) in [6, 6.07) is 9.05. The van der Waals surface area contributed by atoms with Crippen molar-refractivity contribution in [2.75, 3.05) is 13.7 Å². The molecule has 1 saturated carbocycles. The molecule has 2 heterocycles. The number of methoxy groups -OCH3 is 1. The van der Waals surface area contributed by atoms with E-state index in [-0.39, 0.29) is 23.9 Å². The Bertz CT molecular complexity index is 868. The molecule has 3 atom stereocenters. The summed E-state index contributed by atoms with van der Waals surface area (Å²) >= 11 is 0. The Kier molecular flexibility index (Phi) is 4.56. The molecular weight excluding hydrogens is 342 g/mol. The van der Waals surface area contributed by atoms with Gasteiger partial charge in [-0.3, -0.25) is 14.6 Å². The van der Waals surface area contributed by atoms with Crippen LogP contribution in [0.2, 0.25) is 0 Å². The number of benzene rings is 1. The van der Waals surface area contributed by atoms with Crippen LogP contribution in [0.3, 0.4) is 0 Å². The fourth-order valence-corrected chi connectivity index (χ4v) is 4.32. The Balaban J connectivity index is 1.49. The highest BCUT2D eigenvalue weighted by atomic mass is 16.5. The number of amides is 2. The fraction of sp³-hybridized carbons (Fsp3) is 0.381. The molecule has 1 aromatic carbocycles. The van der Waals surface area contributed by atoms with E-state index in [0.717, 1.165) is 30.7 Å². The Hall–Kier alpha value is -2.89. The maximum Gasteiger partial charge on any atom is 0.254 e. The van der Waals surface area contributed by atoms with E-state index in [0.29, 0.717) is 17.0 Å². The van der Waals surface area contributed by atoms with Crippen LogP contribution >= 0.6 is 0 Å². The second-order valence-corrected chi connectivity index (χ2v) is 7.36. The molecule has 0 radical (unpaired) electrons. The molecule has 4 rings (SSSR count). The van der Waals surface area contributed by atoms with E-state index < -0.39 is 0 Å². The first-order valence-electron chi connectivity index (χ1n) is 9.23. The molecule has 1 aliphatic carbocycles. The maximum absolute atomic E-state index is 13.1. The van der Waals surface area contributed by atoms with Crippen LogP contribution in [0, 0.1) is 12.8 Å². The number of rotatable bonds is 4. The van der Waals surface area contributed by atoms with Gasteiger partial charge in [0.25, 0.3) is 11.8 Å². The van der Waals surface area contributed by atoms with Gasteiger partial charge >= 0.3 is 0 Å². The SMILES string of the molecule is COc1ccc(C(=O)N2C[C@@H]3C[C@H](NC(=O)c4cccnc4)[C@H]2C3)c(C)c1. The number of aryl methyl sites for hydroxylation is 1. The quantitative estimate of drug-likeness (QED) is 0.903. The highest BCUT2D eigenvalue weighted by Gasteiger charge is 2.47. The van der Waals surface area contributed by atoms with Gasteiger partial charge in [0.1, 0.15) is 5.75 Å². The van der Waals surface area contributed by atoms with E-state index >= 15 is 0 Å². The highest BCUT2D eigenvalue weighted by molar-refractivity contribution is 5.97. The molecule has 0 spiro atoms. The van der Waals surface area contributed by atoms with Crippen molar-refractivity contribution < 1.29 is 14.3 Å². The third kappa shape index (κ3) is 3.27. The summed E-state index contributed by atoms with van der Waals surface area (Å²) in [5.41, 5.74) is 2.14. The molecular formula is C21H23N3O3. The predicted octanol–water partition coefficient (Wildman–Crippen LogP) is 2.43. The van der Waals surface area contributed by atoms with Crippen LogP contribution in [-0.2, 0) is 0 Å². The zero-order chi connectivity index (χ0) is 19.0. The van der Waals surface area contributed by atoms with Crippen molar-refractivity contribution in [3.8, 4) is 5.75 Å². The number of ether oxygens (including phenoxy) is 1. The van der Waals surface area contributed by atoms with Crippen molar-refractivity contribution in [3.05, 3.63) is 59.4 Å². The summed E-state index contributed by atoms with van der Waals surface area (Å²) in [5, 5.41) is 3.10. The highest BCUT2D eigenvalue weighted by Crippen LogP contribution is 2.39. The minimum absolute atomic E-state index is 0.0149. The number of carbonyl (C=O) groups is 2. The number of nitrogens with zero attached hydrogens (tertiary/aromatic N) is 2. The van der Waals surface area contributed by atoms with Crippen LogP contribution < -0.4 is 10.1 Å².